The van der Waals surface area contributed by atoms with Gasteiger partial charge in [-0.05, 0) is 25.8 Å². The van der Waals surface area contributed by atoms with Gasteiger partial charge in [0, 0.05) is 24.2 Å². The fraction of sp³-hybridized carbons (Fsp3) is 0.353. The molecule has 1 aliphatic heterocycles. The first-order chi connectivity index (χ1) is 12.4. The minimum Gasteiger partial charge on any atom is -0.491 e. The van der Waals surface area contributed by atoms with Crippen LogP contribution >= 0.6 is 23.2 Å². The maximum Gasteiger partial charge on any atom is 0.255 e. The van der Waals surface area contributed by atoms with E-state index in [0.717, 1.165) is 12.8 Å². The monoisotopic (exact) mass is 392 g/mol. The molecule has 9 heteroatoms. The highest BCUT2D eigenvalue weighted by Crippen LogP contribution is 2.37. The maximum absolute atomic E-state index is 10.5. The number of aromatic hydroxyl groups is 1. The van der Waals surface area contributed by atoms with Crippen LogP contribution in [0.2, 0.25) is 10.0 Å². The van der Waals surface area contributed by atoms with Gasteiger partial charge in [-0.15, -0.1) is 0 Å². The molecule has 1 fully saturated rings. The molecule has 0 aliphatic carbocycles. The Labute approximate surface area is 160 Å². The van der Waals surface area contributed by atoms with Gasteiger partial charge in [0.05, 0.1) is 10.0 Å². The van der Waals surface area contributed by atoms with Gasteiger partial charge in [0.2, 0.25) is 0 Å². The van der Waals surface area contributed by atoms with E-state index in [0.29, 0.717) is 51.4 Å². The molecule has 1 saturated heterocycles. The van der Waals surface area contributed by atoms with Crippen molar-refractivity contribution < 1.29 is 5.11 Å². The normalized spacial score (nSPS) is 17.0. The predicted molar refractivity (Wildman–Crippen MR) is 103 cm³/mol. The number of anilines is 1. The van der Waals surface area contributed by atoms with Crippen molar-refractivity contribution in [3.63, 3.8) is 0 Å². The van der Waals surface area contributed by atoms with E-state index >= 15 is 0 Å². The van der Waals surface area contributed by atoms with Gasteiger partial charge in [0.15, 0.2) is 11.5 Å². The minimum atomic E-state index is -0.186. The Morgan fingerprint density at radius 2 is 1.96 bits per heavy atom. The van der Waals surface area contributed by atoms with E-state index in [1.807, 2.05) is 11.8 Å². The standard InChI is InChI=1S/C17H18Cl2N6O/c1-17(20)5-7-25(8-6-17)15-16(26)21-13-12(23-24-14(13)22-15)9-3-2-4-10(18)11(9)19/h2-4H,5-8,20H2,1H3,(H,21,26)(H,22,23,24). The summed E-state index contributed by atoms with van der Waals surface area (Å²) in [5.74, 6) is 0.291. The van der Waals surface area contributed by atoms with Gasteiger partial charge < -0.3 is 15.7 Å². The molecular formula is C17H18Cl2N6O. The molecule has 1 aliphatic rings. The van der Waals surface area contributed by atoms with E-state index < -0.39 is 0 Å². The number of piperidine rings is 1. The first kappa shape index (κ1) is 17.3. The van der Waals surface area contributed by atoms with E-state index in [1.54, 1.807) is 18.2 Å². The van der Waals surface area contributed by atoms with Gasteiger partial charge in [0.25, 0.3) is 5.88 Å². The lowest BCUT2D eigenvalue weighted by atomic mass is 9.91. The molecule has 0 radical (unpaired) electrons. The van der Waals surface area contributed by atoms with Crippen molar-refractivity contribution in [1.82, 2.24) is 20.2 Å². The number of hydrogen-bond acceptors (Lipinski definition) is 6. The molecule has 1 aromatic carbocycles. The van der Waals surface area contributed by atoms with Crippen molar-refractivity contribution in [3.8, 4) is 17.1 Å². The average molecular weight is 393 g/mol. The Morgan fingerprint density at radius 1 is 1.23 bits per heavy atom. The Bertz CT molecular complexity index is 977. The molecule has 4 N–H and O–H groups in total. The van der Waals surface area contributed by atoms with Crippen LogP contribution in [0.4, 0.5) is 5.82 Å². The SMILES string of the molecule is CC1(N)CCN(c2nc3[nH]nc(-c4cccc(Cl)c4Cl)c3nc2O)CC1. The van der Waals surface area contributed by atoms with E-state index in [2.05, 4.69) is 20.2 Å². The second-order valence-electron chi connectivity index (χ2n) is 6.88. The number of rotatable bonds is 2. The van der Waals surface area contributed by atoms with Gasteiger partial charge in [0.1, 0.15) is 11.2 Å². The molecule has 0 spiro atoms. The summed E-state index contributed by atoms with van der Waals surface area (Å²) < 4.78 is 0. The summed E-state index contributed by atoms with van der Waals surface area (Å²) in [5.41, 5.74) is 8.03. The Hall–Kier alpha value is -2.09. The van der Waals surface area contributed by atoms with Crippen LogP contribution in [0.5, 0.6) is 5.88 Å². The second-order valence-corrected chi connectivity index (χ2v) is 7.67. The Kier molecular flexibility index (Phi) is 4.17. The summed E-state index contributed by atoms with van der Waals surface area (Å²) in [4.78, 5) is 10.8. The molecule has 0 bridgehead atoms. The van der Waals surface area contributed by atoms with Crippen LogP contribution in [0.3, 0.4) is 0 Å². The lowest BCUT2D eigenvalue weighted by Crippen LogP contribution is -2.48. The summed E-state index contributed by atoms with van der Waals surface area (Å²) in [6.07, 6.45) is 1.64. The molecule has 2 aromatic heterocycles. The van der Waals surface area contributed by atoms with Gasteiger partial charge >= 0.3 is 0 Å². The van der Waals surface area contributed by atoms with Crippen LogP contribution in [0.15, 0.2) is 18.2 Å². The van der Waals surface area contributed by atoms with Crippen molar-refractivity contribution in [2.24, 2.45) is 5.73 Å². The largest absolute Gasteiger partial charge is 0.491 e. The summed E-state index contributed by atoms with van der Waals surface area (Å²) in [5, 5.41) is 18.4. The van der Waals surface area contributed by atoms with Gasteiger partial charge in [-0.3, -0.25) is 5.10 Å². The van der Waals surface area contributed by atoms with Crippen LogP contribution in [-0.2, 0) is 0 Å². The number of nitrogens with one attached hydrogen (secondary N) is 1. The van der Waals surface area contributed by atoms with Crippen molar-refractivity contribution in [2.45, 2.75) is 25.3 Å². The maximum atomic E-state index is 10.5. The van der Waals surface area contributed by atoms with Crippen LogP contribution in [0.1, 0.15) is 19.8 Å². The van der Waals surface area contributed by atoms with Crippen LogP contribution in [0.25, 0.3) is 22.4 Å². The zero-order chi connectivity index (χ0) is 18.5. The molecule has 0 saturated carbocycles. The summed E-state index contributed by atoms with van der Waals surface area (Å²) in [6, 6.07) is 5.28. The lowest BCUT2D eigenvalue weighted by Gasteiger charge is -2.37. The molecule has 0 amide bonds. The number of H-pyrrole nitrogens is 1. The van der Waals surface area contributed by atoms with E-state index in [-0.39, 0.29) is 11.4 Å². The first-order valence-electron chi connectivity index (χ1n) is 8.29. The molecular weight excluding hydrogens is 375 g/mol. The number of aromatic amines is 1. The third-order valence-electron chi connectivity index (χ3n) is 4.77. The highest BCUT2D eigenvalue weighted by molar-refractivity contribution is 6.43. The van der Waals surface area contributed by atoms with E-state index in [1.165, 1.54) is 0 Å². The number of nitrogens with zero attached hydrogens (tertiary/aromatic N) is 4. The van der Waals surface area contributed by atoms with E-state index in [9.17, 15) is 5.11 Å². The van der Waals surface area contributed by atoms with Gasteiger partial charge in [-0.1, -0.05) is 35.3 Å². The summed E-state index contributed by atoms with van der Waals surface area (Å²) in [6.45, 7) is 3.46. The second kappa shape index (κ2) is 6.26. The fourth-order valence-electron chi connectivity index (χ4n) is 3.14. The molecule has 7 nitrogen and oxygen atoms in total. The number of fused-ring (bicyclic) bond motifs is 1. The highest BCUT2D eigenvalue weighted by Gasteiger charge is 2.29. The molecule has 0 atom stereocenters. The average Bonchev–Trinajstić information content (AvgIpc) is 2.99. The number of nitrogens with two attached hydrogens (primary N) is 1. The third kappa shape index (κ3) is 2.96. The topological polar surface area (TPSA) is 104 Å². The Balaban J connectivity index is 1.75. The predicted octanol–water partition coefficient (Wildman–Crippen LogP) is 3.35. The van der Waals surface area contributed by atoms with Crippen molar-refractivity contribution in [2.75, 3.05) is 18.0 Å². The molecule has 3 heterocycles. The van der Waals surface area contributed by atoms with E-state index in [4.69, 9.17) is 28.9 Å². The third-order valence-corrected chi connectivity index (χ3v) is 5.59. The Morgan fingerprint density at radius 3 is 2.69 bits per heavy atom. The molecule has 136 valence electrons. The van der Waals surface area contributed by atoms with Crippen molar-refractivity contribution >= 4 is 40.2 Å². The molecule has 4 rings (SSSR count). The smallest absolute Gasteiger partial charge is 0.255 e. The zero-order valence-corrected chi connectivity index (χ0v) is 15.6. The lowest BCUT2D eigenvalue weighted by molar-refractivity contribution is 0.359. The minimum absolute atomic E-state index is 0.140. The van der Waals surface area contributed by atoms with Crippen LogP contribution in [-0.4, -0.2) is 43.9 Å². The zero-order valence-electron chi connectivity index (χ0n) is 14.1. The van der Waals surface area contributed by atoms with Crippen molar-refractivity contribution in [3.05, 3.63) is 28.2 Å². The van der Waals surface area contributed by atoms with Crippen LogP contribution < -0.4 is 10.6 Å². The molecule has 0 unspecified atom stereocenters. The van der Waals surface area contributed by atoms with Gasteiger partial charge in [-0.2, -0.15) is 5.10 Å². The number of benzene rings is 1. The highest BCUT2D eigenvalue weighted by atomic mass is 35.5. The van der Waals surface area contributed by atoms with Crippen LogP contribution in [0, 0.1) is 0 Å². The molecule has 3 aromatic rings. The van der Waals surface area contributed by atoms with Crippen molar-refractivity contribution in [1.29, 1.82) is 0 Å². The number of halogens is 2. The number of aromatic nitrogens is 4. The number of hydrogen-bond donors (Lipinski definition) is 3. The fourth-order valence-corrected chi connectivity index (χ4v) is 3.53. The van der Waals surface area contributed by atoms with Gasteiger partial charge in [-0.25, -0.2) is 9.97 Å². The summed E-state index contributed by atoms with van der Waals surface area (Å²) >= 11 is 12.4. The summed E-state index contributed by atoms with van der Waals surface area (Å²) in [7, 11) is 0. The quantitative estimate of drug-likeness (QED) is 0.617. The first-order valence-corrected chi connectivity index (χ1v) is 9.05. The molecule has 26 heavy (non-hydrogen) atoms.